The van der Waals surface area contributed by atoms with Crippen LogP contribution in [0.4, 0.5) is 0 Å². The topological polar surface area (TPSA) is 35.6 Å². The first-order valence-corrected chi connectivity index (χ1v) is 5.76. The SMILES string of the molecule is CC1CNCCN1CCCC(=O)N(C)C. The molecule has 1 aliphatic rings. The minimum Gasteiger partial charge on any atom is -0.349 e. The average molecular weight is 213 g/mol. The van der Waals surface area contributed by atoms with E-state index in [-0.39, 0.29) is 5.91 Å². The van der Waals surface area contributed by atoms with Gasteiger partial charge in [0.2, 0.25) is 5.91 Å². The second-order valence-electron chi connectivity index (χ2n) is 4.48. The van der Waals surface area contributed by atoms with E-state index < -0.39 is 0 Å². The van der Waals surface area contributed by atoms with E-state index in [9.17, 15) is 4.79 Å². The van der Waals surface area contributed by atoms with Gasteiger partial charge in [0.25, 0.3) is 0 Å². The first-order valence-electron chi connectivity index (χ1n) is 5.76. The maximum absolute atomic E-state index is 11.4. The summed E-state index contributed by atoms with van der Waals surface area (Å²) in [6, 6.07) is 0.605. The number of nitrogens with zero attached hydrogens (tertiary/aromatic N) is 2. The fourth-order valence-corrected chi connectivity index (χ4v) is 1.87. The van der Waals surface area contributed by atoms with Gasteiger partial charge in [0.05, 0.1) is 0 Å². The van der Waals surface area contributed by atoms with Gasteiger partial charge in [-0.3, -0.25) is 9.69 Å². The molecule has 1 saturated heterocycles. The van der Waals surface area contributed by atoms with E-state index in [1.807, 2.05) is 14.1 Å². The Morgan fingerprint density at radius 1 is 1.53 bits per heavy atom. The minimum absolute atomic E-state index is 0.234. The van der Waals surface area contributed by atoms with Crippen molar-refractivity contribution in [3.63, 3.8) is 0 Å². The molecular formula is C11H23N3O. The van der Waals surface area contributed by atoms with Crippen LogP contribution in [0.25, 0.3) is 0 Å². The first-order chi connectivity index (χ1) is 7.11. The lowest BCUT2D eigenvalue weighted by molar-refractivity contribution is -0.128. The highest BCUT2D eigenvalue weighted by atomic mass is 16.2. The van der Waals surface area contributed by atoms with Gasteiger partial charge in [-0.05, 0) is 19.9 Å². The summed E-state index contributed by atoms with van der Waals surface area (Å²) in [6.07, 6.45) is 1.64. The van der Waals surface area contributed by atoms with Crippen molar-refractivity contribution in [3.8, 4) is 0 Å². The average Bonchev–Trinajstić information content (AvgIpc) is 2.20. The van der Waals surface area contributed by atoms with Crippen molar-refractivity contribution in [1.82, 2.24) is 15.1 Å². The van der Waals surface area contributed by atoms with Gasteiger partial charge in [-0.15, -0.1) is 0 Å². The summed E-state index contributed by atoms with van der Waals surface area (Å²) in [6.45, 7) is 6.53. The molecule has 15 heavy (non-hydrogen) atoms. The van der Waals surface area contributed by atoms with Gasteiger partial charge in [0.15, 0.2) is 0 Å². The molecule has 1 fully saturated rings. The predicted octanol–water partition coefficient (Wildman–Crippen LogP) is 0.149. The van der Waals surface area contributed by atoms with E-state index >= 15 is 0 Å². The van der Waals surface area contributed by atoms with Crippen molar-refractivity contribution in [2.45, 2.75) is 25.8 Å². The summed E-state index contributed by atoms with van der Waals surface area (Å²) >= 11 is 0. The van der Waals surface area contributed by atoms with Crippen molar-refractivity contribution in [2.75, 3.05) is 40.3 Å². The highest BCUT2D eigenvalue weighted by Gasteiger charge is 2.17. The summed E-state index contributed by atoms with van der Waals surface area (Å²) in [7, 11) is 3.63. The molecule has 0 aromatic carbocycles. The van der Waals surface area contributed by atoms with Gasteiger partial charge in [-0.2, -0.15) is 0 Å². The van der Waals surface area contributed by atoms with E-state index in [4.69, 9.17) is 0 Å². The van der Waals surface area contributed by atoms with Gasteiger partial charge in [-0.25, -0.2) is 0 Å². The second kappa shape index (κ2) is 6.08. The molecule has 1 heterocycles. The van der Waals surface area contributed by atoms with Crippen molar-refractivity contribution in [3.05, 3.63) is 0 Å². The van der Waals surface area contributed by atoms with Gasteiger partial charge < -0.3 is 10.2 Å². The summed E-state index contributed by atoms with van der Waals surface area (Å²) in [5.74, 6) is 0.234. The fourth-order valence-electron chi connectivity index (χ4n) is 1.87. The number of hydrogen-bond acceptors (Lipinski definition) is 3. The van der Waals surface area contributed by atoms with Crippen LogP contribution in [-0.2, 0) is 4.79 Å². The lowest BCUT2D eigenvalue weighted by Gasteiger charge is -2.33. The zero-order valence-electron chi connectivity index (χ0n) is 10.1. The van der Waals surface area contributed by atoms with Crippen LogP contribution in [0.3, 0.4) is 0 Å². The second-order valence-corrected chi connectivity index (χ2v) is 4.48. The van der Waals surface area contributed by atoms with Crippen molar-refractivity contribution >= 4 is 5.91 Å². The zero-order valence-corrected chi connectivity index (χ0v) is 10.1. The van der Waals surface area contributed by atoms with Crippen LogP contribution < -0.4 is 5.32 Å². The molecule has 1 amide bonds. The summed E-state index contributed by atoms with van der Waals surface area (Å²) in [5, 5.41) is 3.37. The van der Waals surface area contributed by atoms with Gasteiger partial charge in [-0.1, -0.05) is 0 Å². The van der Waals surface area contributed by atoms with Crippen molar-refractivity contribution in [1.29, 1.82) is 0 Å². The van der Waals surface area contributed by atoms with Gasteiger partial charge >= 0.3 is 0 Å². The van der Waals surface area contributed by atoms with Crippen LogP contribution >= 0.6 is 0 Å². The first kappa shape index (κ1) is 12.5. The zero-order chi connectivity index (χ0) is 11.3. The molecule has 1 unspecified atom stereocenters. The smallest absolute Gasteiger partial charge is 0.222 e. The Morgan fingerprint density at radius 3 is 2.87 bits per heavy atom. The number of carbonyl (C=O) groups excluding carboxylic acids is 1. The highest BCUT2D eigenvalue weighted by molar-refractivity contribution is 5.75. The quantitative estimate of drug-likeness (QED) is 0.722. The summed E-state index contributed by atoms with van der Waals surface area (Å²) in [5.41, 5.74) is 0. The Balaban J connectivity index is 2.16. The van der Waals surface area contributed by atoms with Crippen LogP contribution in [0.5, 0.6) is 0 Å². The van der Waals surface area contributed by atoms with E-state index in [1.165, 1.54) is 0 Å². The number of carbonyl (C=O) groups is 1. The van der Waals surface area contributed by atoms with Crippen LogP contribution in [0.15, 0.2) is 0 Å². The minimum atomic E-state index is 0.234. The summed E-state index contributed by atoms with van der Waals surface area (Å²) in [4.78, 5) is 15.5. The van der Waals surface area contributed by atoms with E-state index in [0.717, 1.165) is 32.6 Å². The Morgan fingerprint density at radius 2 is 2.27 bits per heavy atom. The molecule has 0 spiro atoms. The molecular weight excluding hydrogens is 190 g/mol. The van der Waals surface area contributed by atoms with Crippen molar-refractivity contribution < 1.29 is 4.79 Å². The van der Waals surface area contributed by atoms with Crippen LogP contribution in [-0.4, -0.2) is 62.0 Å². The monoisotopic (exact) mass is 213 g/mol. The number of rotatable bonds is 4. The van der Waals surface area contributed by atoms with E-state index in [1.54, 1.807) is 4.90 Å². The molecule has 1 N–H and O–H groups in total. The number of amides is 1. The van der Waals surface area contributed by atoms with Crippen LogP contribution in [0.2, 0.25) is 0 Å². The highest BCUT2D eigenvalue weighted by Crippen LogP contribution is 2.05. The fraction of sp³-hybridized carbons (Fsp3) is 0.909. The number of piperazine rings is 1. The molecule has 4 nitrogen and oxygen atoms in total. The third kappa shape index (κ3) is 4.18. The largest absolute Gasteiger partial charge is 0.349 e. The van der Waals surface area contributed by atoms with Crippen LogP contribution in [0.1, 0.15) is 19.8 Å². The maximum atomic E-state index is 11.4. The molecule has 0 bridgehead atoms. The molecule has 0 aliphatic carbocycles. The normalized spacial score (nSPS) is 22.7. The Hall–Kier alpha value is -0.610. The Labute approximate surface area is 92.6 Å². The molecule has 1 aliphatic heterocycles. The number of nitrogens with one attached hydrogen (secondary N) is 1. The molecule has 0 radical (unpaired) electrons. The Bertz CT molecular complexity index is 206. The van der Waals surface area contributed by atoms with Crippen molar-refractivity contribution in [2.24, 2.45) is 0 Å². The van der Waals surface area contributed by atoms with Gasteiger partial charge in [0.1, 0.15) is 0 Å². The Kier molecular flexibility index (Phi) is 5.05. The van der Waals surface area contributed by atoms with E-state index in [2.05, 4.69) is 17.1 Å². The van der Waals surface area contributed by atoms with E-state index in [0.29, 0.717) is 12.5 Å². The molecule has 88 valence electrons. The standard InChI is InChI=1S/C11H23N3O/c1-10-9-12-6-8-14(10)7-4-5-11(15)13(2)3/h10,12H,4-9H2,1-3H3. The third-order valence-electron chi connectivity index (χ3n) is 2.97. The number of hydrogen-bond donors (Lipinski definition) is 1. The molecule has 1 rings (SSSR count). The molecule has 0 saturated carbocycles. The summed E-state index contributed by atoms with van der Waals surface area (Å²) < 4.78 is 0. The van der Waals surface area contributed by atoms with Gasteiger partial charge in [0, 0.05) is 46.2 Å². The molecule has 1 atom stereocenters. The molecule has 0 aromatic heterocycles. The maximum Gasteiger partial charge on any atom is 0.222 e. The van der Waals surface area contributed by atoms with Crippen LogP contribution in [0, 0.1) is 0 Å². The lowest BCUT2D eigenvalue weighted by Crippen LogP contribution is -2.50. The predicted molar refractivity (Wildman–Crippen MR) is 61.8 cm³/mol. The lowest BCUT2D eigenvalue weighted by atomic mass is 10.2. The molecule has 0 aromatic rings. The molecule has 4 heteroatoms. The third-order valence-corrected chi connectivity index (χ3v) is 2.97.